The van der Waals surface area contributed by atoms with Crippen LogP contribution in [-0.4, -0.2) is 43.0 Å². The Morgan fingerprint density at radius 3 is 2.82 bits per heavy atom. The van der Waals surface area contributed by atoms with Gasteiger partial charge < -0.3 is 9.47 Å². The minimum absolute atomic E-state index is 0.283. The molecule has 9 heteroatoms. The lowest BCUT2D eigenvalue weighted by molar-refractivity contribution is 0.302. The monoisotopic (exact) mass is 442 g/mol. The Hall–Kier alpha value is -4.14. The quantitative estimate of drug-likeness (QED) is 0.432. The predicted molar refractivity (Wildman–Crippen MR) is 124 cm³/mol. The van der Waals surface area contributed by atoms with Crippen LogP contribution in [0.3, 0.4) is 0 Å². The maximum atomic E-state index is 13.0. The Morgan fingerprint density at radius 2 is 2.06 bits per heavy atom. The summed E-state index contributed by atoms with van der Waals surface area (Å²) in [4.78, 5) is 24.8. The Morgan fingerprint density at radius 1 is 1.18 bits per heavy atom. The van der Waals surface area contributed by atoms with Crippen LogP contribution in [0.4, 0.5) is 0 Å². The largest absolute Gasteiger partial charge is 0.495 e. The first-order valence-corrected chi connectivity index (χ1v) is 10.8. The standard InChI is InChI=1S/C24H22N6O3/c1-29-12-15(10-27-29)18-11-26-19-6-5-16(9-17(19)22(18)32-2)30-21-20(33-13-14-3-4-14)7-8-25-23(21)28-24(30)31/h5-12,14H,3-4,13H2,1-2H3,(H,25,28,31). The van der Waals surface area contributed by atoms with E-state index in [2.05, 4.69) is 20.1 Å². The summed E-state index contributed by atoms with van der Waals surface area (Å²) in [5, 5.41) is 5.05. The van der Waals surface area contributed by atoms with Crippen LogP contribution >= 0.6 is 0 Å². The maximum absolute atomic E-state index is 13.0. The van der Waals surface area contributed by atoms with E-state index < -0.39 is 0 Å². The summed E-state index contributed by atoms with van der Waals surface area (Å²) in [7, 11) is 3.50. The molecule has 0 saturated heterocycles. The van der Waals surface area contributed by atoms with Crippen LogP contribution in [0.1, 0.15) is 12.8 Å². The highest BCUT2D eigenvalue weighted by molar-refractivity contribution is 5.93. The van der Waals surface area contributed by atoms with Gasteiger partial charge in [0.1, 0.15) is 17.0 Å². The van der Waals surface area contributed by atoms with Gasteiger partial charge in [-0.2, -0.15) is 5.10 Å². The molecule has 1 N–H and O–H groups in total. The third-order valence-electron chi connectivity index (χ3n) is 5.99. The lowest BCUT2D eigenvalue weighted by Gasteiger charge is -2.13. The highest BCUT2D eigenvalue weighted by Crippen LogP contribution is 2.37. The smallest absolute Gasteiger partial charge is 0.332 e. The van der Waals surface area contributed by atoms with Gasteiger partial charge in [-0.05, 0) is 37.0 Å². The second kappa shape index (κ2) is 7.47. The zero-order valence-electron chi connectivity index (χ0n) is 18.3. The normalized spacial score (nSPS) is 13.6. The van der Waals surface area contributed by atoms with Crippen LogP contribution < -0.4 is 15.2 Å². The molecule has 9 nitrogen and oxygen atoms in total. The van der Waals surface area contributed by atoms with E-state index in [1.54, 1.807) is 41.0 Å². The Bertz CT molecular complexity index is 1560. The molecule has 0 spiro atoms. The van der Waals surface area contributed by atoms with Crippen LogP contribution in [0.25, 0.3) is 38.9 Å². The number of fused-ring (bicyclic) bond motifs is 2. The second-order valence-electron chi connectivity index (χ2n) is 8.34. The van der Waals surface area contributed by atoms with Gasteiger partial charge in [-0.3, -0.25) is 19.2 Å². The number of pyridine rings is 2. The van der Waals surface area contributed by atoms with Gasteiger partial charge in [0.15, 0.2) is 5.65 Å². The van der Waals surface area contributed by atoms with E-state index in [0.717, 1.165) is 22.0 Å². The van der Waals surface area contributed by atoms with Crippen molar-refractivity contribution in [1.82, 2.24) is 29.3 Å². The van der Waals surface area contributed by atoms with Gasteiger partial charge >= 0.3 is 5.69 Å². The van der Waals surface area contributed by atoms with Crippen molar-refractivity contribution in [3.8, 4) is 28.3 Å². The molecule has 0 bridgehead atoms. The first-order valence-electron chi connectivity index (χ1n) is 10.8. The molecule has 4 heterocycles. The van der Waals surface area contributed by atoms with Crippen LogP contribution in [0.5, 0.6) is 11.5 Å². The van der Waals surface area contributed by atoms with E-state index in [4.69, 9.17) is 9.47 Å². The summed E-state index contributed by atoms with van der Waals surface area (Å²) in [5.41, 5.74) is 4.00. The van der Waals surface area contributed by atoms with Crippen molar-refractivity contribution in [2.75, 3.05) is 13.7 Å². The number of hydrogen-bond donors (Lipinski definition) is 1. The minimum atomic E-state index is -0.283. The van der Waals surface area contributed by atoms with Crippen LogP contribution in [0, 0.1) is 5.92 Å². The first-order chi connectivity index (χ1) is 16.1. The molecule has 1 aliphatic rings. The molecule has 5 aromatic rings. The van der Waals surface area contributed by atoms with E-state index in [0.29, 0.717) is 40.9 Å². The van der Waals surface area contributed by atoms with Crippen LogP contribution in [0.15, 0.2) is 53.8 Å². The molecule has 4 aromatic heterocycles. The van der Waals surface area contributed by atoms with Gasteiger partial charge in [-0.25, -0.2) is 9.78 Å². The van der Waals surface area contributed by atoms with Gasteiger partial charge in [-0.15, -0.1) is 0 Å². The van der Waals surface area contributed by atoms with E-state index in [1.807, 2.05) is 31.4 Å². The Balaban J connectivity index is 1.54. The molecule has 0 unspecified atom stereocenters. The van der Waals surface area contributed by atoms with Crippen molar-refractivity contribution in [2.24, 2.45) is 13.0 Å². The molecule has 1 aromatic carbocycles. The fraction of sp³-hybridized carbons (Fsp3) is 0.250. The number of ether oxygens (including phenoxy) is 2. The fourth-order valence-corrected chi connectivity index (χ4v) is 4.14. The lowest BCUT2D eigenvalue weighted by atomic mass is 10.1. The third kappa shape index (κ3) is 3.32. The maximum Gasteiger partial charge on any atom is 0.332 e. The molecule has 0 amide bonds. The first kappa shape index (κ1) is 19.5. The van der Waals surface area contributed by atoms with Crippen molar-refractivity contribution in [3.05, 3.63) is 59.5 Å². The number of hydrogen-bond acceptors (Lipinski definition) is 6. The number of nitrogens with one attached hydrogen (secondary N) is 1. The molecule has 1 saturated carbocycles. The number of nitrogens with zero attached hydrogens (tertiary/aromatic N) is 5. The topological polar surface area (TPSA) is 99.8 Å². The number of aromatic amines is 1. The molecule has 6 rings (SSSR count). The molecular formula is C24H22N6O3. The number of H-pyrrole nitrogens is 1. The third-order valence-corrected chi connectivity index (χ3v) is 5.99. The Kier molecular flexibility index (Phi) is 4.42. The summed E-state index contributed by atoms with van der Waals surface area (Å²) in [6.07, 6.45) is 9.49. The van der Waals surface area contributed by atoms with E-state index in [9.17, 15) is 4.79 Å². The van der Waals surface area contributed by atoms with Crippen molar-refractivity contribution < 1.29 is 9.47 Å². The molecule has 1 aliphatic carbocycles. The summed E-state index contributed by atoms with van der Waals surface area (Å²) < 4.78 is 15.2. The molecule has 166 valence electrons. The van der Waals surface area contributed by atoms with Gasteiger partial charge in [0, 0.05) is 48.2 Å². The van der Waals surface area contributed by atoms with Crippen molar-refractivity contribution in [3.63, 3.8) is 0 Å². The second-order valence-corrected chi connectivity index (χ2v) is 8.34. The van der Waals surface area contributed by atoms with Gasteiger partial charge in [-0.1, -0.05) is 0 Å². The van der Waals surface area contributed by atoms with Crippen molar-refractivity contribution >= 4 is 22.1 Å². The average molecular weight is 442 g/mol. The summed E-state index contributed by atoms with van der Waals surface area (Å²) in [5.74, 6) is 1.90. The number of imidazole rings is 1. The van der Waals surface area contributed by atoms with E-state index in [-0.39, 0.29) is 5.69 Å². The molecule has 0 aliphatic heterocycles. The van der Waals surface area contributed by atoms with Gasteiger partial charge in [0.2, 0.25) is 0 Å². The summed E-state index contributed by atoms with van der Waals surface area (Å²) in [6.45, 7) is 0.641. The molecule has 1 fully saturated rings. The zero-order valence-corrected chi connectivity index (χ0v) is 18.3. The Labute approximate surface area is 188 Å². The van der Waals surface area contributed by atoms with Crippen molar-refractivity contribution in [1.29, 1.82) is 0 Å². The van der Waals surface area contributed by atoms with Gasteiger partial charge in [0.25, 0.3) is 0 Å². The minimum Gasteiger partial charge on any atom is -0.495 e. The lowest BCUT2D eigenvalue weighted by Crippen LogP contribution is -2.15. The molecular weight excluding hydrogens is 420 g/mol. The van der Waals surface area contributed by atoms with Gasteiger partial charge in [0.05, 0.1) is 31.1 Å². The number of benzene rings is 1. The SMILES string of the molecule is COc1c(-c2cnn(C)c2)cnc2ccc(-n3c(=O)[nH]c4nccc(OCC5CC5)c43)cc12. The van der Waals surface area contributed by atoms with Crippen LogP contribution in [0.2, 0.25) is 0 Å². The highest BCUT2D eigenvalue weighted by atomic mass is 16.5. The zero-order chi connectivity index (χ0) is 22.5. The fourth-order valence-electron chi connectivity index (χ4n) is 4.14. The van der Waals surface area contributed by atoms with Crippen molar-refractivity contribution in [2.45, 2.75) is 12.8 Å². The van der Waals surface area contributed by atoms with E-state index in [1.165, 1.54) is 12.8 Å². The summed E-state index contributed by atoms with van der Waals surface area (Å²) >= 11 is 0. The number of rotatable bonds is 6. The highest BCUT2D eigenvalue weighted by Gasteiger charge is 2.23. The molecule has 0 atom stereocenters. The predicted octanol–water partition coefficient (Wildman–Crippen LogP) is 3.46. The van der Waals surface area contributed by atoms with E-state index >= 15 is 0 Å². The average Bonchev–Trinajstić information content (AvgIpc) is 3.45. The molecule has 33 heavy (non-hydrogen) atoms. The summed E-state index contributed by atoms with van der Waals surface area (Å²) in [6, 6.07) is 7.46. The molecule has 0 radical (unpaired) electrons. The number of aryl methyl sites for hydroxylation is 1. The number of methoxy groups -OCH3 is 1. The number of aromatic nitrogens is 6. The van der Waals surface area contributed by atoms with Crippen LogP contribution in [-0.2, 0) is 7.05 Å².